The average molecular weight is 441 g/mol. The molecule has 2 aromatic carbocycles. The van der Waals surface area contributed by atoms with Crippen LogP contribution >= 0.6 is 0 Å². The number of rotatable bonds is 6. The summed E-state index contributed by atoms with van der Waals surface area (Å²) in [5.41, 5.74) is 5.01. The van der Waals surface area contributed by atoms with E-state index in [0.717, 1.165) is 49.2 Å². The number of piperazine rings is 1. The van der Waals surface area contributed by atoms with Crippen LogP contribution < -0.4 is 21.1 Å². The van der Waals surface area contributed by atoms with E-state index in [4.69, 9.17) is 4.98 Å². The van der Waals surface area contributed by atoms with Crippen molar-refractivity contribution in [1.82, 2.24) is 19.9 Å². The minimum Gasteiger partial charge on any atom is -0.369 e. The van der Waals surface area contributed by atoms with Gasteiger partial charge in [-0.05, 0) is 47.9 Å². The number of anilines is 3. The molecule has 7 nitrogen and oxygen atoms in total. The third-order valence-electron chi connectivity index (χ3n) is 6.10. The van der Waals surface area contributed by atoms with Crippen molar-refractivity contribution in [3.05, 3.63) is 88.3 Å². The summed E-state index contributed by atoms with van der Waals surface area (Å²) >= 11 is 0. The van der Waals surface area contributed by atoms with Crippen molar-refractivity contribution >= 4 is 28.4 Å². The molecule has 5 rings (SSSR count). The maximum absolute atomic E-state index is 12.7. The molecule has 2 aromatic heterocycles. The third-order valence-corrected chi connectivity index (χ3v) is 6.10. The Morgan fingerprint density at radius 3 is 2.39 bits per heavy atom. The summed E-state index contributed by atoms with van der Waals surface area (Å²) < 4.78 is 1.70. The number of nitrogens with one attached hydrogen (secondary N) is 2. The number of benzene rings is 2. The highest BCUT2D eigenvalue weighted by atomic mass is 16.1. The molecule has 0 spiro atoms. The lowest BCUT2D eigenvalue weighted by Crippen LogP contribution is -2.43. The molecule has 1 fully saturated rings. The van der Waals surface area contributed by atoms with Gasteiger partial charge >= 0.3 is 0 Å². The van der Waals surface area contributed by atoms with E-state index in [1.54, 1.807) is 22.9 Å². The normalized spacial score (nSPS) is 13.9. The summed E-state index contributed by atoms with van der Waals surface area (Å²) in [6, 6.07) is 20.0. The first-order valence-corrected chi connectivity index (χ1v) is 11.5. The summed E-state index contributed by atoms with van der Waals surface area (Å²) in [5, 5.41) is 7.49. The third kappa shape index (κ3) is 4.73. The van der Waals surface area contributed by atoms with Gasteiger partial charge in [-0.3, -0.25) is 9.36 Å². The Bertz CT molecular complexity index is 1290. The summed E-state index contributed by atoms with van der Waals surface area (Å²) in [6.45, 7) is 6.65. The quantitative estimate of drug-likeness (QED) is 0.478. The molecule has 1 aliphatic rings. The molecular weight excluding hydrogens is 412 g/mol. The Morgan fingerprint density at radius 2 is 1.67 bits per heavy atom. The van der Waals surface area contributed by atoms with E-state index in [-0.39, 0.29) is 5.56 Å². The molecule has 168 valence electrons. The minimum atomic E-state index is -0.0768. The lowest BCUT2D eigenvalue weighted by Gasteiger charge is -2.29. The number of hydrogen-bond donors (Lipinski definition) is 2. The fraction of sp³-hybridized carbons (Fsp3) is 0.269. The summed E-state index contributed by atoms with van der Waals surface area (Å²) in [6.07, 6.45) is 2.75. The van der Waals surface area contributed by atoms with Gasteiger partial charge in [-0.1, -0.05) is 31.2 Å². The molecular formula is C26H28N6O. The van der Waals surface area contributed by atoms with Gasteiger partial charge in [0, 0.05) is 55.2 Å². The maximum Gasteiger partial charge on any atom is 0.252 e. The molecule has 2 N–H and O–H groups in total. The molecule has 33 heavy (non-hydrogen) atoms. The molecule has 0 aliphatic carbocycles. The first-order valence-electron chi connectivity index (χ1n) is 11.5. The first kappa shape index (κ1) is 21.2. The number of hydrogen-bond acceptors (Lipinski definition) is 6. The smallest absolute Gasteiger partial charge is 0.252 e. The second-order valence-electron chi connectivity index (χ2n) is 8.31. The van der Waals surface area contributed by atoms with E-state index in [1.165, 1.54) is 11.3 Å². The van der Waals surface area contributed by atoms with E-state index < -0.39 is 0 Å². The first-order chi connectivity index (χ1) is 16.2. The Balaban J connectivity index is 1.40. The summed E-state index contributed by atoms with van der Waals surface area (Å²) in [4.78, 5) is 24.2. The molecule has 0 bridgehead atoms. The fourth-order valence-corrected chi connectivity index (χ4v) is 4.16. The Hall–Kier alpha value is -3.71. The number of aromatic nitrogens is 3. The number of fused-ring (bicyclic) bond motifs is 1. The molecule has 0 atom stereocenters. The van der Waals surface area contributed by atoms with Gasteiger partial charge in [-0.15, -0.1) is 0 Å². The van der Waals surface area contributed by atoms with Crippen LogP contribution in [0.4, 0.5) is 17.3 Å². The van der Waals surface area contributed by atoms with Gasteiger partial charge in [-0.2, -0.15) is 4.98 Å². The Kier molecular flexibility index (Phi) is 6.04. The molecule has 4 aromatic rings. The van der Waals surface area contributed by atoms with Crippen molar-refractivity contribution in [2.45, 2.75) is 19.9 Å². The zero-order valence-electron chi connectivity index (χ0n) is 18.8. The average Bonchev–Trinajstić information content (AvgIpc) is 2.87. The second-order valence-corrected chi connectivity index (χ2v) is 8.31. The summed E-state index contributed by atoms with van der Waals surface area (Å²) in [5.74, 6) is 0.470. The van der Waals surface area contributed by atoms with Crippen molar-refractivity contribution in [3.8, 4) is 0 Å². The predicted octanol–water partition coefficient (Wildman–Crippen LogP) is 3.56. The highest BCUT2D eigenvalue weighted by Crippen LogP contribution is 2.21. The molecule has 0 saturated carbocycles. The highest BCUT2D eigenvalue weighted by Gasteiger charge is 2.11. The van der Waals surface area contributed by atoms with Crippen LogP contribution in [0.3, 0.4) is 0 Å². The van der Waals surface area contributed by atoms with E-state index in [1.807, 2.05) is 12.1 Å². The van der Waals surface area contributed by atoms with Crippen LogP contribution in [-0.4, -0.2) is 40.7 Å². The number of aryl methyl sites for hydroxylation is 1. The standard InChI is InChI=1S/C26H28N6O/c1-2-19-3-5-20(6-4-19)18-32-24(33)12-7-21-17-28-26(30-25(21)32)29-22-8-10-23(11-9-22)31-15-13-27-14-16-31/h3-12,17,27H,2,13-16,18H2,1H3,(H,28,29,30). The number of nitrogens with zero attached hydrogens (tertiary/aromatic N) is 4. The van der Waals surface area contributed by atoms with E-state index in [0.29, 0.717) is 18.1 Å². The van der Waals surface area contributed by atoms with Crippen molar-refractivity contribution in [2.24, 2.45) is 0 Å². The Morgan fingerprint density at radius 1 is 0.939 bits per heavy atom. The largest absolute Gasteiger partial charge is 0.369 e. The fourth-order valence-electron chi connectivity index (χ4n) is 4.16. The maximum atomic E-state index is 12.7. The molecule has 1 aliphatic heterocycles. The van der Waals surface area contributed by atoms with Gasteiger partial charge < -0.3 is 15.5 Å². The summed E-state index contributed by atoms with van der Waals surface area (Å²) in [7, 11) is 0. The highest BCUT2D eigenvalue weighted by molar-refractivity contribution is 5.76. The van der Waals surface area contributed by atoms with E-state index in [9.17, 15) is 4.79 Å². The Labute approximate surface area is 193 Å². The van der Waals surface area contributed by atoms with E-state index >= 15 is 0 Å². The molecule has 7 heteroatoms. The number of pyridine rings is 1. The zero-order valence-corrected chi connectivity index (χ0v) is 18.8. The SMILES string of the molecule is CCc1ccc(Cn2c(=O)ccc3cnc(Nc4ccc(N5CCNCC5)cc4)nc32)cc1. The lowest BCUT2D eigenvalue weighted by atomic mass is 10.1. The van der Waals surface area contributed by atoms with Gasteiger partial charge in [-0.25, -0.2) is 4.98 Å². The molecule has 0 radical (unpaired) electrons. The van der Waals surface area contributed by atoms with Crippen LogP contribution in [0.25, 0.3) is 11.0 Å². The van der Waals surface area contributed by atoms with Gasteiger partial charge in [0.2, 0.25) is 5.95 Å². The molecule has 3 heterocycles. The topological polar surface area (TPSA) is 75.1 Å². The van der Waals surface area contributed by atoms with Crippen molar-refractivity contribution in [1.29, 1.82) is 0 Å². The van der Waals surface area contributed by atoms with Gasteiger partial charge in [0.25, 0.3) is 5.56 Å². The van der Waals surface area contributed by atoms with Crippen molar-refractivity contribution in [3.63, 3.8) is 0 Å². The van der Waals surface area contributed by atoms with Crippen LogP contribution in [-0.2, 0) is 13.0 Å². The minimum absolute atomic E-state index is 0.0768. The van der Waals surface area contributed by atoms with Crippen LogP contribution in [0.5, 0.6) is 0 Å². The predicted molar refractivity (Wildman–Crippen MR) is 134 cm³/mol. The van der Waals surface area contributed by atoms with Gasteiger partial charge in [0.1, 0.15) is 5.65 Å². The van der Waals surface area contributed by atoms with Gasteiger partial charge in [0.15, 0.2) is 0 Å². The molecule has 1 saturated heterocycles. The van der Waals surface area contributed by atoms with E-state index in [2.05, 4.69) is 63.8 Å². The zero-order chi connectivity index (χ0) is 22.6. The van der Waals surface area contributed by atoms with Crippen LogP contribution in [0, 0.1) is 0 Å². The van der Waals surface area contributed by atoms with Crippen LogP contribution in [0.2, 0.25) is 0 Å². The van der Waals surface area contributed by atoms with Gasteiger partial charge in [0.05, 0.1) is 6.54 Å². The lowest BCUT2D eigenvalue weighted by molar-refractivity contribution is 0.589. The molecule has 0 amide bonds. The van der Waals surface area contributed by atoms with Crippen LogP contribution in [0.1, 0.15) is 18.1 Å². The monoisotopic (exact) mass is 440 g/mol. The second kappa shape index (κ2) is 9.42. The molecule has 0 unspecified atom stereocenters. The van der Waals surface area contributed by atoms with Crippen LogP contribution in [0.15, 0.2) is 71.7 Å². The van der Waals surface area contributed by atoms with Crippen molar-refractivity contribution < 1.29 is 0 Å². The van der Waals surface area contributed by atoms with Crippen molar-refractivity contribution in [2.75, 3.05) is 36.4 Å².